The summed E-state index contributed by atoms with van der Waals surface area (Å²) in [6.07, 6.45) is -0.178. The van der Waals surface area contributed by atoms with Crippen LogP contribution >= 0.6 is 11.6 Å². The van der Waals surface area contributed by atoms with Gasteiger partial charge in [0.15, 0.2) is 0 Å². The van der Waals surface area contributed by atoms with Crippen LogP contribution in [0.25, 0.3) is 0 Å². The molecule has 1 aliphatic heterocycles. The summed E-state index contributed by atoms with van der Waals surface area (Å²) in [5.74, 6) is 1.44. The number of nitrogens with zero attached hydrogens (tertiary/aromatic N) is 1. The van der Waals surface area contributed by atoms with Crippen molar-refractivity contribution >= 4 is 17.5 Å². The molecule has 0 unspecified atom stereocenters. The Morgan fingerprint density at radius 2 is 1.81 bits per heavy atom. The number of rotatable bonds is 3. The smallest absolute Gasteiger partial charge is 0.216 e. The molecule has 108 valence electrons. The zero-order valence-corrected chi connectivity index (χ0v) is 12.5. The summed E-state index contributed by atoms with van der Waals surface area (Å²) in [7, 11) is 1.65. The molecule has 2 atom stereocenters. The lowest BCUT2D eigenvalue weighted by Gasteiger charge is -2.28. The first-order valence-electron chi connectivity index (χ1n) is 6.82. The lowest BCUT2D eigenvalue weighted by atomic mass is 10.0. The average molecular weight is 302 g/mol. The number of methoxy groups -OCH3 is 1. The highest BCUT2D eigenvalue weighted by Crippen LogP contribution is 2.30. The standard InChI is InChI=1S/C17H16ClNO2/c1-20-14-9-7-13(8-10-14)17-19-11-15(18)16(21-17)12-5-3-2-4-6-12/h2-10,15-16H,11H2,1H3/t15-,16+/m0/s1. The molecule has 4 heteroatoms. The van der Waals surface area contributed by atoms with Crippen LogP contribution < -0.4 is 4.74 Å². The Morgan fingerprint density at radius 1 is 1.10 bits per heavy atom. The lowest BCUT2D eigenvalue weighted by molar-refractivity contribution is 0.174. The molecule has 0 amide bonds. The van der Waals surface area contributed by atoms with E-state index in [2.05, 4.69) is 4.99 Å². The molecule has 0 saturated carbocycles. The molecule has 0 aliphatic carbocycles. The minimum Gasteiger partial charge on any atom is -0.497 e. The molecule has 0 aromatic heterocycles. The Hall–Kier alpha value is -2.00. The van der Waals surface area contributed by atoms with Gasteiger partial charge in [-0.3, -0.25) is 0 Å². The molecular formula is C17H16ClNO2. The lowest BCUT2D eigenvalue weighted by Crippen LogP contribution is -2.28. The van der Waals surface area contributed by atoms with Crippen molar-refractivity contribution in [3.05, 3.63) is 65.7 Å². The highest BCUT2D eigenvalue weighted by atomic mass is 35.5. The Labute approximate surface area is 129 Å². The maximum atomic E-state index is 6.37. The topological polar surface area (TPSA) is 30.8 Å². The van der Waals surface area contributed by atoms with Crippen molar-refractivity contribution in [2.24, 2.45) is 4.99 Å². The molecular weight excluding hydrogens is 286 g/mol. The highest BCUT2D eigenvalue weighted by molar-refractivity contribution is 6.21. The van der Waals surface area contributed by atoms with Gasteiger partial charge in [-0.15, -0.1) is 11.6 Å². The predicted octanol–water partition coefficient (Wildman–Crippen LogP) is 3.82. The first-order valence-corrected chi connectivity index (χ1v) is 7.26. The molecule has 0 N–H and O–H groups in total. The van der Waals surface area contributed by atoms with Crippen molar-refractivity contribution in [3.8, 4) is 5.75 Å². The Balaban J connectivity index is 1.84. The molecule has 3 rings (SSSR count). The van der Waals surface area contributed by atoms with Gasteiger partial charge in [-0.05, 0) is 29.8 Å². The van der Waals surface area contributed by atoms with Crippen LogP contribution in [0.2, 0.25) is 0 Å². The predicted molar refractivity (Wildman–Crippen MR) is 84.3 cm³/mol. The van der Waals surface area contributed by atoms with E-state index in [4.69, 9.17) is 21.1 Å². The van der Waals surface area contributed by atoms with Gasteiger partial charge >= 0.3 is 0 Å². The molecule has 0 fully saturated rings. The number of hydrogen-bond acceptors (Lipinski definition) is 3. The second kappa shape index (κ2) is 6.19. The molecule has 21 heavy (non-hydrogen) atoms. The summed E-state index contributed by atoms with van der Waals surface area (Å²) in [6.45, 7) is 0.544. The van der Waals surface area contributed by atoms with Crippen molar-refractivity contribution in [1.82, 2.24) is 0 Å². The van der Waals surface area contributed by atoms with Gasteiger partial charge in [-0.2, -0.15) is 0 Å². The molecule has 0 saturated heterocycles. The van der Waals surface area contributed by atoms with E-state index in [1.54, 1.807) is 7.11 Å². The highest BCUT2D eigenvalue weighted by Gasteiger charge is 2.28. The quantitative estimate of drug-likeness (QED) is 0.807. The van der Waals surface area contributed by atoms with Crippen molar-refractivity contribution < 1.29 is 9.47 Å². The fourth-order valence-electron chi connectivity index (χ4n) is 2.31. The zero-order chi connectivity index (χ0) is 14.7. The van der Waals surface area contributed by atoms with Crippen LogP contribution in [0.3, 0.4) is 0 Å². The number of alkyl halides is 1. The zero-order valence-electron chi connectivity index (χ0n) is 11.7. The van der Waals surface area contributed by atoms with E-state index in [-0.39, 0.29) is 11.5 Å². The van der Waals surface area contributed by atoms with Crippen LogP contribution in [0.5, 0.6) is 5.75 Å². The van der Waals surface area contributed by atoms with Crippen LogP contribution in [0.1, 0.15) is 17.2 Å². The maximum absolute atomic E-state index is 6.37. The van der Waals surface area contributed by atoms with E-state index < -0.39 is 0 Å². The van der Waals surface area contributed by atoms with Gasteiger partial charge in [0, 0.05) is 5.56 Å². The summed E-state index contributed by atoms with van der Waals surface area (Å²) in [5, 5.41) is -0.158. The second-order valence-electron chi connectivity index (χ2n) is 4.84. The minimum absolute atomic E-state index is 0.158. The van der Waals surface area contributed by atoms with Gasteiger partial charge in [-0.25, -0.2) is 4.99 Å². The second-order valence-corrected chi connectivity index (χ2v) is 5.40. The maximum Gasteiger partial charge on any atom is 0.216 e. The van der Waals surface area contributed by atoms with Gasteiger partial charge in [0.25, 0.3) is 0 Å². The summed E-state index contributed by atoms with van der Waals surface area (Å²) >= 11 is 6.37. The fraction of sp³-hybridized carbons (Fsp3) is 0.235. The van der Waals surface area contributed by atoms with Crippen LogP contribution in [0.4, 0.5) is 0 Å². The number of ether oxygens (including phenoxy) is 2. The van der Waals surface area contributed by atoms with Gasteiger partial charge in [0.1, 0.15) is 11.9 Å². The number of benzene rings is 2. The van der Waals surface area contributed by atoms with Crippen molar-refractivity contribution in [2.75, 3.05) is 13.7 Å². The normalized spacial score (nSPS) is 21.3. The van der Waals surface area contributed by atoms with Gasteiger partial charge in [0.2, 0.25) is 5.90 Å². The van der Waals surface area contributed by atoms with Crippen LogP contribution in [-0.2, 0) is 4.74 Å². The van der Waals surface area contributed by atoms with Crippen LogP contribution in [0, 0.1) is 0 Å². The molecule has 0 bridgehead atoms. The van der Waals surface area contributed by atoms with E-state index in [1.807, 2.05) is 54.6 Å². The van der Waals surface area contributed by atoms with Crippen molar-refractivity contribution in [1.29, 1.82) is 0 Å². The number of hydrogen-bond donors (Lipinski definition) is 0. The van der Waals surface area contributed by atoms with E-state index in [1.165, 1.54) is 0 Å². The van der Waals surface area contributed by atoms with Crippen molar-refractivity contribution in [3.63, 3.8) is 0 Å². The summed E-state index contributed by atoms with van der Waals surface area (Å²) < 4.78 is 11.2. The summed E-state index contributed by atoms with van der Waals surface area (Å²) in [6, 6.07) is 17.7. The van der Waals surface area contributed by atoms with Crippen LogP contribution in [0.15, 0.2) is 59.6 Å². The molecule has 3 nitrogen and oxygen atoms in total. The van der Waals surface area contributed by atoms with Crippen LogP contribution in [-0.4, -0.2) is 24.9 Å². The Bertz CT molecular complexity index is 625. The molecule has 2 aromatic carbocycles. The SMILES string of the molecule is COc1ccc(C2=NC[C@H](Cl)[C@@H](c3ccccc3)O2)cc1. The van der Waals surface area contributed by atoms with E-state index in [0.717, 1.165) is 16.9 Å². The van der Waals surface area contributed by atoms with Crippen molar-refractivity contribution in [2.45, 2.75) is 11.5 Å². The minimum atomic E-state index is -0.178. The molecule has 1 heterocycles. The largest absolute Gasteiger partial charge is 0.497 e. The third-order valence-electron chi connectivity index (χ3n) is 3.44. The third-order valence-corrected chi connectivity index (χ3v) is 3.81. The Kier molecular flexibility index (Phi) is 4.11. The number of halogens is 1. The molecule has 0 spiro atoms. The van der Waals surface area contributed by atoms with Gasteiger partial charge in [0.05, 0.1) is 19.0 Å². The Morgan fingerprint density at radius 3 is 2.48 bits per heavy atom. The first-order chi connectivity index (χ1) is 10.3. The van der Waals surface area contributed by atoms with Gasteiger partial charge in [-0.1, -0.05) is 30.3 Å². The molecule has 1 aliphatic rings. The van der Waals surface area contributed by atoms with Gasteiger partial charge < -0.3 is 9.47 Å². The summed E-state index contributed by atoms with van der Waals surface area (Å²) in [5.41, 5.74) is 2.00. The first kappa shape index (κ1) is 14.0. The molecule has 0 radical (unpaired) electrons. The van der Waals surface area contributed by atoms with E-state index in [0.29, 0.717) is 12.4 Å². The summed E-state index contributed by atoms with van der Waals surface area (Å²) in [4.78, 5) is 4.43. The third kappa shape index (κ3) is 3.03. The molecule has 2 aromatic rings. The average Bonchev–Trinajstić information content (AvgIpc) is 2.56. The number of aliphatic imine (C=N–C) groups is 1. The van der Waals surface area contributed by atoms with E-state index >= 15 is 0 Å². The monoisotopic (exact) mass is 301 g/mol. The fourth-order valence-corrected chi connectivity index (χ4v) is 2.58. The van der Waals surface area contributed by atoms with E-state index in [9.17, 15) is 0 Å².